The number of nitrogens with two attached hydrogens (primary N) is 1. The highest BCUT2D eigenvalue weighted by Gasteiger charge is 2.26. The number of hydrogen-bond acceptors (Lipinski definition) is 6. The van der Waals surface area contributed by atoms with Crippen molar-refractivity contribution in [3.8, 4) is 17.2 Å². The molecule has 0 bridgehead atoms. The lowest BCUT2D eigenvalue weighted by molar-refractivity contribution is 0.0734. The van der Waals surface area contributed by atoms with E-state index in [1.54, 1.807) is 16.6 Å². The maximum Gasteiger partial charge on any atom is 0.276 e. The number of ether oxygens (including phenoxy) is 2. The van der Waals surface area contributed by atoms with Crippen LogP contribution in [0.3, 0.4) is 0 Å². The Morgan fingerprint density at radius 1 is 1.31 bits per heavy atom. The summed E-state index contributed by atoms with van der Waals surface area (Å²) in [4.78, 5) is 14.4. The molecule has 1 aromatic heterocycles. The zero-order chi connectivity index (χ0) is 18.9. The molecule has 0 spiro atoms. The van der Waals surface area contributed by atoms with E-state index in [0.717, 1.165) is 5.69 Å². The number of aromatic nitrogens is 3. The van der Waals surface area contributed by atoms with Crippen molar-refractivity contribution >= 4 is 5.91 Å². The minimum Gasteiger partial charge on any atom is -0.486 e. The van der Waals surface area contributed by atoms with Crippen LogP contribution in [0.4, 0.5) is 0 Å². The normalized spacial score (nSPS) is 13.6. The fourth-order valence-electron chi connectivity index (χ4n) is 2.89. The topological polar surface area (TPSA) is 95.5 Å². The van der Waals surface area contributed by atoms with Crippen molar-refractivity contribution in [3.05, 3.63) is 29.6 Å². The predicted molar refractivity (Wildman–Crippen MR) is 96.9 cm³/mol. The highest BCUT2D eigenvalue weighted by atomic mass is 16.6. The van der Waals surface area contributed by atoms with Crippen LogP contribution in [0.2, 0.25) is 0 Å². The Balaban J connectivity index is 1.85. The summed E-state index contributed by atoms with van der Waals surface area (Å²) in [6, 6.07) is 5.54. The van der Waals surface area contributed by atoms with Crippen molar-refractivity contribution in [2.75, 3.05) is 33.4 Å². The van der Waals surface area contributed by atoms with Gasteiger partial charge in [-0.1, -0.05) is 19.1 Å². The summed E-state index contributed by atoms with van der Waals surface area (Å²) >= 11 is 0. The summed E-state index contributed by atoms with van der Waals surface area (Å²) in [5.74, 6) is 1.20. The fourth-order valence-corrected chi connectivity index (χ4v) is 2.89. The predicted octanol–water partition coefficient (Wildman–Crippen LogP) is 1.40. The standard InChI is InChI=1S/C18H25N5O3/c1-12-16(17(24)22(4)11-18(2,3)10-19)20-21-23(12)13-5-6-14-15(9-13)26-8-7-25-14/h5-6,9H,7-8,10-11,19H2,1-4H3. The highest BCUT2D eigenvalue weighted by Crippen LogP contribution is 2.32. The van der Waals surface area contributed by atoms with Crippen LogP contribution in [0, 0.1) is 12.3 Å². The van der Waals surface area contributed by atoms with Gasteiger partial charge in [-0.25, -0.2) is 4.68 Å². The Labute approximate surface area is 152 Å². The Morgan fingerprint density at radius 3 is 2.69 bits per heavy atom. The molecule has 1 aliphatic heterocycles. The van der Waals surface area contributed by atoms with Crippen LogP contribution in [-0.2, 0) is 0 Å². The van der Waals surface area contributed by atoms with Gasteiger partial charge in [-0.05, 0) is 31.0 Å². The van der Waals surface area contributed by atoms with Crippen LogP contribution < -0.4 is 15.2 Å². The molecule has 0 radical (unpaired) electrons. The van der Waals surface area contributed by atoms with Gasteiger partial charge in [0.1, 0.15) is 13.2 Å². The number of nitrogens with zero attached hydrogens (tertiary/aromatic N) is 4. The second kappa shape index (κ2) is 6.95. The Morgan fingerprint density at radius 2 is 2.00 bits per heavy atom. The lowest BCUT2D eigenvalue weighted by Crippen LogP contribution is -2.40. The van der Waals surface area contributed by atoms with Gasteiger partial charge >= 0.3 is 0 Å². The number of hydrogen-bond donors (Lipinski definition) is 1. The SMILES string of the molecule is Cc1c(C(=O)N(C)CC(C)(C)CN)nnn1-c1ccc2c(c1)OCCO2. The van der Waals surface area contributed by atoms with Gasteiger partial charge in [0.25, 0.3) is 5.91 Å². The van der Waals surface area contributed by atoms with Crippen LogP contribution in [0.25, 0.3) is 5.69 Å². The van der Waals surface area contributed by atoms with Crippen molar-refractivity contribution in [1.29, 1.82) is 0 Å². The first-order valence-electron chi connectivity index (χ1n) is 8.60. The molecule has 8 nitrogen and oxygen atoms in total. The quantitative estimate of drug-likeness (QED) is 0.867. The first kappa shape index (κ1) is 18.2. The second-order valence-corrected chi connectivity index (χ2v) is 7.29. The molecule has 0 fully saturated rings. The van der Waals surface area contributed by atoms with E-state index in [4.69, 9.17) is 15.2 Å². The molecule has 0 saturated carbocycles. The number of rotatable bonds is 5. The average molecular weight is 359 g/mol. The number of carbonyl (C=O) groups excluding carboxylic acids is 1. The van der Waals surface area contributed by atoms with E-state index >= 15 is 0 Å². The number of amides is 1. The molecule has 140 valence electrons. The third-order valence-corrected chi connectivity index (χ3v) is 4.43. The van der Waals surface area contributed by atoms with E-state index < -0.39 is 0 Å². The molecule has 2 aromatic rings. The van der Waals surface area contributed by atoms with Gasteiger partial charge in [0.2, 0.25) is 0 Å². The molecule has 3 rings (SSSR count). The van der Waals surface area contributed by atoms with Gasteiger partial charge in [0.15, 0.2) is 17.2 Å². The molecule has 1 amide bonds. The molecule has 0 saturated heterocycles. The van der Waals surface area contributed by atoms with Gasteiger partial charge in [-0.2, -0.15) is 0 Å². The molecule has 2 N–H and O–H groups in total. The summed E-state index contributed by atoms with van der Waals surface area (Å²) in [6.45, 7) is 7.96. The third-order valence-electron chi connectivity index (χ3n) is 4.43. The summed E-state index contributed by atoms with van der Waals surface area (Å²) in [6.07, 6.45) is 0. The first-order valence-corrected chi connectivity index (χ1v) is 8.60. The van der Waals surface area contributed by atoms with Crippen LogP contribution >= 0.6 is 0 Å². The maximum absolute atomic E-state index is 12.8. The second-order valence-electron chi connectivity index (χ2n) is 7.29. The molecule has 0 atom stereocenters. The van der Waals surface area contributed by atoms with Crippen molar-refractivity contribution in [3.63, 3.8) is 0 Å². The lowest BCUT2D eigenvalue weighted by atomic mass is 9.93. The van der Waals surface area contributed by atoms with Crippen molar-refractivity contribution in [2.45, 2.75) is 20.8 Å². The molecular weight excluding hydrogens is 334 g/mol. The highest BCUT2D eigenvalue weighted by molar-refractivity contribution is 5.93. The minimum atomic E-state index is -0.173. The van der Waals surface area contributed by atoms with Crippen molar-refractivity contribution < 1.29 is 14.3 Å². The smallest absolute Gasteiger partial charge is 0.276 e. The first-order chi connectivity index (χ1) is 12.3. The molecule has 2 heterocycles. The van der Waals surface area contributed by atoms with E-state index in [1.807, 2.05) is 39.0 Å². The zero-order valence-electron chi connectivity index (χ0n) is 15.7. The van der Waals surface area contributed by atoms with E-state index in [1.165, 1.54) is 0 Å². The Hall–Kier alpha value is -2.61. The van der Waals surface area contributed by atoms with Gasteiger partial charge < -0.3 is 20.1 Å². The number of benzene rings is 1. The van der Waals surface area contributed by atoms with Gasteiger partial charge in [-0.3, -0.25) is 4.79 Å². The van der Waals surface area contributed by atoms with E-state index in [2.05, 4.69) is 10.3 Å². The summed E-state index contributed by atoms with van der Waals surface area (Å²) in [5.41, 5.74) is 7.37. The zero-order valence-corrected chi connectivity index (χ0v) is 15.7. The largest absolute Gasteiger partial charge is 0.486 e. The van der Waals surface area contributed by atoms with E-state index in [-0.39, 0.29) is 11.3 Å². The molecular formula is C18H25N5O3. The van der Waals surface area contributed by atoms with Gasteiger partial charge in [0.05, 0.1) is 11.4 Å². The fraction of sp³-hybridized carbons (Fsp3) is 0.500. The molecule has 1 aromatic carbocycles. The van der Waals surface area contributed by atoms with Crippen LogP contribution in [0.5, 0.6) is 11.5 Å². The Kier molecular flexibility index (Phi) is 4.86. The summed E-state index contributed by atoms with van der Waals surface area (Å²) < 4.78 is 12.8. The van der Waals surface area contributed by atoms with E-state index in [0.29, 0.717) is 49.2 Å². The van der Waals surface area contributed by atoms with Crippen molar-refractivity contribution in [1.82, 2.24) is 19.9 Å². The number of fused-ring (bicyclic) bond motifs is 1. The monoisotopic (exact) mass is 359 g/mol. The molecule has 26 heavy (non-hydrogen) atoms. The number of carbonyl (C=O) groups is 1. The lowest BCUT2D eigenvalue weighted by Gasteiger charge is -2.28. The summed E-state index contributed by atoms with van der Waals surface area (Å²) in [7, 11) is 1.75. The van der Waals surface area contributed by atoms with Gasteiger partial charge in [-0.15, -0.1) is 5.10 Å². The maximum atomic E-state index is 12.8. The van der Waals surface area contributed by atoms with Gasteiger partial charge in [0, 0.05) is 19.7 Å². The molecule has 1 aliphatic rings. The molecule has 0 unspecified atom stereocenters. The molecule has 8 heteroatoms. The molecule has 0 aliphatic carbocycles. The summed E-state index contributed by atoms with van der Waals surface area (Å²) in [5, 5.41) is 8.25. The van der Waals surface area contributed by atoms with Crippen LogP contribution in [0.15, 0.2) is 18.2 Å². The van der Waals surface area contributed by atoms with Crippen LogP contribution in [-0.4, -0.2) is 59.2 Å². The van der Waals surface area contributed by atoms with E-state index in [9.17, 15) is 4.79 Å². The third kappa shape index (κ3) is 3.50. The minimum absolute atomic E-state index is 0.163. The van der Waals surface area contributed by atoms with Crippen molar-refractivity contribution in [2.24, 2.45) is 11.1 Å². The Bertz CT molecular complexity index is 815. The van der Waals surface area contributed by atoms with Crippen LogP contribution in [0.1, 0.15) is 30.0 Å². The average Bonchev–Trinajstić information content (AvgIpc) is 3.01.